The van der Waals surface area contributed by atoms with Gasteiger partial charge in [-0.05, 0) is 59.7 Å². The van der Waals surface area contributed by atoms with Crippen molar-refractivity contribution in [1.82, 2.24) is 0 Å². The van der Waals surface area contributed by atoms with Gasteiger partial charge in [0.25, 0.3) is 0 Å². The van der Waals surface area contributed by atoms with Gasteiger partial charge in [-0.25, -0.2) is 9.59 Å². The van der Waals surface area contributed by atoms with Gasteiger partial charge in [0.1, 0.15) is 43.5 Å². The van der Waals surface area contributed by atoms with E-state index >= 15 is 0 Å². The molecule has 0 heterocycles. The maximum atomic E-state index is 13.0. The Morgan fingerprint density at radius 3 is 1.58 bits per heavy atom. The fraction of sp³-hybridized carbons (Fsp3) is 0.158. The highest BCUT2D eigenvalue weighted by Crippen LogP contribution is 2.36. The molecular weight excluding hydrogens is 655 g/mol. The first-order valence-electron chi connectivity index (χ1n) is 14.9. The number of hydrogen-bond donors (Lipinski definition) is 0. The normalized spacial score (nSPS) is 10.6. The van der Waals surface area contributed by atoms with Crippen molar-refractivity contribution in [3.63, 3.8) is 0 Å². The number of carbonyl (C=O) groups is 2. The summed E-state index contributed by atoms with van der Waals surface area (Å²) in [7, 11) is 2.44. The van der Waals surface area contributed by atoms with Crippen LogP contribution in [0.15, 0.2) is 109 Å². The molecule has 5 rings (SSSR count). The molecule has 10 heteroatoms. The molecule has 0 aromatic heterocycles. The molecule has 48 heavy (non-hydrogen) atoms. The largest absolute Gasteiger partial charge is 0.489 e. The van der Waals surface area contributed by atoms with Crippen LogP contribution in [0.2, 0.25) is 10.0 Å². The molecule has 8 nitrogen and oxygen atoms in total. The van der Waals surface area contributed by atoms with E-state index in [1.807, 2.05) is 91.0 Å². The highest BCUT2D eigenvalue weighted by molar-refractivity contribution is 6.31. The van der Waals surface area contributed by atoms with Crippen molar-refractivity contribution >= 4 is 35.1 Å². The first-order chi connectivity index (χ1) is 23.4. The van der Waals surface area contributed by atoms with Gasteiger partial charge in [0, 0.05) is 21.2 Å². The number of esters is 2. The van der Waals surface area contributed by atoms with Crippen LogP contribution < -0.4 is 18.9 Å². The van der Waals surface area contributed by atoms with Crippen LogP contribution in [-0.4, -0.2) is 26.2 Å². The van der Waals surface area contributed by atoms with E-state index in [9.17, 15) is 9.59 Å². The Labute approximate surface area is 288 Å². The molecule has 0 unspecified atom stereocenters. The second-order valence-corrected chi connectivity index (χ2v) is 11.2. The summed E-state index contributed by atoms with van der Waals surface area (Å²) in [6, 6.07) is 32.6. The van der Waals surface area contributed by atoms with E-state index in [0.29, 0.717) is 28.2 Å². The molecule has 0 amide bonds. The van der Waals surface area contributed by atoms with Crippen molar-refractivity contribution in [2.45, 2.75) is 26.4 Å². The Kier molecular flexibility index (Phi) is 11.8. The van der Waals surface area contributed by atoms with Crippen molar-refractivity contribution < 1.29 is 38.0 Å². The lowest BCUT2D eigenvalue weighted by molar-refractivity contribution is 0.0549. The topological polar surface area (TPSA) is 89.5 Å². The van der Waals surface area contributed by atoms with E-state index in [4.69, 9.17) is 51.6 Å². The minimum Gasteiger partial charge on any atom is -0.489 e. The Hall–Kier alpha value is -5.18. The van der Waals surface area contributed by atoms with E-state index in [2.05, 4.69) is 0 Å². The lowest BCUT2D eigenvalue weighted by atomic mass is 10.1. The Morgan fingerprint density at radius 1 is 0.542 bits per heavy atom. The van der Waals surface area contributed by atoms with Gasteiger partial charge >= 0.3 is 11.9 Å². The zero-order chi connectivity index (χ0) is 33.9. The summed E-state index contributed by atoms with van der Waals surface area (Å²) in [5, 5.41) is 1.24. The summed E-state index contributed by atoms with van der Waals surface area (Å²) in [6.07, 6.45) is 0. The quantitative estimate of drug-likeness (QED) is 0.107. The first kappa shape index (κ1) is 34.2. The van der Waals surface area contributed by atoms with Crippen LogP contribution in [0.3, 0.4) is 0 Å². The number of benzene rings is 5. The van der Waals surface area contributed by atoms with Crippen molar-refractivity contribution in [2.24, 2.45) is 0 Å². The molecule has 5 aromatic carbocycles. The van der Waals surface area contributed by atoms with Crippen LogP contribution in [0, 0.1) is 0 Å². The van der Waals surface area contributed by atoms with Crippen LogP contribution in [0.1, 0.15) is 43.0 Å². The average molecular weight is 688 g/mol. The molecule has 0 saturated heterocycles. The third-order valence-corrected chi connectivity index (χ3v) is 7.93. The van der Waals surface area contributed by atoms with Gasteiger partial charge in [0.2, 0.25) is 0 Å². The molecule has 0 aliphatic heterocycles. The summed E-state index contributed by atoms with van der Waals surface area (Å²) in [5.41, 5.74) is 3.09. The van der Waals surface area contributed by atoms with Crippen molar-refractivity contribution in [3.8, 4) is 23.0 Å². The van der Waals surface area contributed by atoms with Gasteiger partial charge in [-0.1, -0.05) is 83.9 Å². The van der Waals surface area contributed by atoms with Crippen LogP contribution in [0.25, 0.3) is 0 Å². The average Bonchev–Trinajstić information content (AvgIpc) is 3.12. The van der Waals surface area contributed by atoms with E-state index in [1.165, 1.54) is 20.3 Å². The lowest BCUT2D eigenvalue weighted by Gasteiger charge is -2.18. The molecule has 0 radical (unpaired) electrons. The fourth-order valence-corrected chi connectivity index (χ4v) is 5.11. The highest BCUT2D eigenvalue weighted by atomic mass is 35.5. The van der Waals surface area contributed by atoms with Crippen molar-refractivity contribution in [1.29, 1.82) is 0 Å². The molecule has 0 saturated carbocycles. The van der Waals surface area contributed by atoms with Crippen molar-refractivity contribution in [2.75, 3.05) is 14.2 Å². The molecule has 0 bridgehead atoms. The second kappa shape index (κ2) is 16.6. The minimum absolute atomic E-state index is 0.0135. The Morgan fingerprint density at radius 2 is 1.06 bits per heavy atom. The molecule has 0 atom stereocenters. The molecular formula is C38H32Cl2O8. The van der Waals surface area contributed by atoms with E-state index in [0.717, 1.165) is 22.3 Å². The predicted molar refractivity (Wildman–Crippen MR) is 182 cm³/mol. The third kappa shape index (κ3) is 8.79. The zero-order valence-electron chi connectivity index (χ0n) is 26.2. The summed E-state index contributed by atoms with van der Waals surface area (Å²) in [5.74, 6) is -0.0522. The van der Waals surface area contributed by atoms with Crippen LogP contribution >= 0.6 is 23.2 Å². The summed E-state index contributed by atoms with van der Waals surface area (Å²) in [4.78, 5) is 25.7. The number of halogens is 2. The van der Waals surface area contributed by atoms with Crippen molar-refractivity contribution in [3.05, 3.63) is 153 Å². The van der Waals surface area contributed by atoms with Gasteiger partial charge in [-0.3, -0.25) is 0 Å². The van der Waals surface area contributed by atoms with E-state index in [1.54, 1.807) is 12.1 Å². The number of methoxy groups -OCH3 is 2. The van der Waals surface area contributed by atoms with Crippen LogP contribution in [0.5, 0.6) is 23.0 Å². The van der Waals surface area contributed by atoms with Crippen LogP contribution in [-0.2, 0) is 35.9 Å². The lowest BCUT2D eigenvalue weighted by Crippen LogP contribution is -2.15. The van der Waals surface area contributed by atoms with Crippen LogP contribution in [0.4, 0.5) is 0 Å². The van der Waals surface area contributed by atoms with Gasteiger partial charge in [-0.2, -0.15) is 0 Å². The molecule has 0 aliphatic rings. The standard InChI is InChI=1S/C38H32Cl2O8/c1-43-37(41)31-17-18-34(47-21-25-9-7-13-29(19-25)45-23-27-11-3-5-15-32(27)39)36(35(31)38(42)44-2)48-22-26-10-8-14-30(20-26)46-24-28-12-4-6-16-33(28)40/h3-20H,21-24H2,1-2H3. The number of carbonyl (C=O) groups excluding carboxylic acids is 2. The van der Waals surface area contributed by atoms with Gasteiger partial charge in [-0.15, -0.1) is 0 Å². The fourth-order valence-electron chi connectivity index (χ4n) is 4.73. The zero-order valence-corrected chi connectivity index (χ0v) is 27.8. The molecule has 0 aliphatic carbocycles. The van der Waals surface area contributed by atoms with E-state index in [-0.39, 0.29) is 42.4 Å². The summed E-state index contributed by atoms with van der Waals surface area (Å²) in [6.45, 7) is 0.691. The molecule has 0 fully saturated rings. The maximum absolute atomic E-state index is 13.0. The SMILES string of the molecule is COC(=O)c1ccc(OCc2cccc(OCc3ccccc3Cl)c2)c(OCc2cccc(OCc3ccccc3Cl)c2)c1C(=O)OC. The minimum atomic E-state index is -0.789. The number of hydrogen-bond acceptors (Lipinski definition) is 8. The second-order valence-electron chi connectivity index (χ2n) is 10.4. The third-order valence-electron chi connectivity index (χ3n) is 7.20. The monoisotopic (exact) mass is 686 g/mol. The summed E-state index contributed by atoms with van der Waals surface area (Å²) >= 11 is 12.5. The number of ether oxygens (including phenoxy) is 6. The van der Waals surface area contributed by atoms with Gasteiger partial charge < -0.3 is 28.4 Å². The molecule has 0 N–H and O–H groups in total. The van der Waals surface area contributed by atoms with Gasteiger partial charge in [0.15, 0.2) is 11.5 Å². The summed E-state index contributed by atoms with van der Waals surface area (Å²) < 4.78 is 34.3. The highest BCUT2D eigenvalue weighted by Gasteiger charge is 2.27. The van der Waals surface area contributed by atoms with Gasteiger partial charge in [0.05, 0.1) is 19.8 Å². The predicted octanol–water partition coefficient (Wildman–Crippen LogP) is 8.88. The Bertz CT molecular complexity index is 1890. The maximum Gasteiger partial charge on any atom is 0.342 e. The molecule has 246 valence electrons. The molecule has 0 spiro atoms. The Balaban J connectivity index is 1.36. The number of rotatable bonds is 14. The first-order valence-corrected chi connectivity index (χ1v) is 15.6. The van der Waals surface area contributed by atoms with E-state index < -0.39 is 11.9 Å². The molecule has 5 aromatic rings. The smallest absolute Gasteiger partial charge is 0.342 e.